The highest BCUT2D eigenvalue weighted by atomic mass is 32.2. The third kappa shape index (κ3) is 4.76. The molecule has 0 bridgehead atoms. The van der Waals surface area contributed by atoms with Crippen molar-refractivity contribution in [3.63, 3.8) is 0 Å². The van der Waals surface area contributed by atoms with E-state index in [1.807, 2.05) is 30.3 Å². The normalized spacial score (nSPS) is 15.5. The van der Waals surface area contributed by atoms with Crippen molar-refractivity contribution in [1.29, 1.82) is 0 Å². The van der Waals surface area contributed by atoms with E-state index in [4.69, 9.17) is 0 Å². The predicted octanol–water partition coefficient (Wildman–Crippen LogP) is 6.41. The Morgan fingerprint density at radius 1 is 0.882 bits per heavy atom. The Kier molecular flexibility index (Phi) is 6.47. The van der Waals surface area contributed by atoms with Crippen LogP contribution in [-0.2, 0) is 6.54 Å². The fourth-order valence-electron chi connectivity index (χ4n) is 3.82. The van der Waals surface area contributed by atoms with Crippen LogP contribution in [0.25, 0.3) is 16.9 Å². The minimum atomic E-state index is 0.0101. The second-order valence-corrected chi connectivity index (χ2v) is 9.95. The molecule has 7 heteroatoms. The van der Waals surface area contributed by atoms with Crippen molar-refractivity contribution in [3.8, 4) is 16.9 Å². The monoisotopic (exact) mass is 484 g/mol. The molecule has 1 amide bonds. The van der Waals surface area contributed by atoms with Gasteiger partial charge in [-0.05, 0) is 42.7 Å². The Labute approximate surface area is 207 Å². The van der Waals surface area contributed by atoms with Crippen LogP contribution in [0.4, 0.5) is 4.79 Å². The second-order valence-electron chi connectivity index (χ2n) is 8.19. The molecular weight excluding hydrogens is 460 g/mol. The number of hydrogen-bond donors (Lipinski definition) is 0. The Balaban J connectivity index is 1.58. The van der Waals surface area contributed by atoms with E-state index in [9.17, 15) is 4.79 Å². The smallest absolute Gasteiger partial charge is 0.284 e. The van der Waals surface area contributed by atoms with Crippen LogP contribution < -0.4 is 4.80 Å². The number of benzene rings is 3. The average molecular weight is 485 g/mol. The molecule has 0 N–H and O–H groups in total. The molecule has 0 aliphatic carbocycles. The summed E-state index contributed by atoms with van der Waals surface area (Å²) in [6.45, 7) is 4.67. The SMILES string of the molecule is Cc1ccc(-c2cs/c(=N/N=C3\CSC(=O)N3Cc3ccccc3)n2-c2cccc(C)c2)cc1. The summed E-state index contributed by atoms with van der Waals surface area (Å²) in [5.74, 6) is 1.20. The van der Waals surface area contributed by atoms with Gasteiger partial charge in [0, 0.05) is 11.1 Å². The third-order valence-electron chi connectivity index (χ3n) is 5.61. The van der Waals surface area contributed by atoms with Crippen molar-refractivity contribution in [1.82, 2.24) is 9.47 Å². The zero-order chi connectivity index (χ0) is 23.5. The summed E-state index contributed by atoms with van der Waals surface area (Å²) in [7, 11) is 0. The zero-order valence-corrected chi connectivity index (χ0v) is 20.6. The lowest BCUT2D eigenvalue weighted by atomic mass is 10.1. The summed E-state index contributed by atoms with van der Waals surface area (Å²) in [6, 6.07) is 26.8. The van der Waals surface area contributed by atoms with Gasteiger partial charge < -0.3 is 0 Å². The highest BCUT2D eigenvalue weighted by molar-refractivity contribution is 8.14. The number of aryl methyl sites for hydroxylation is 2. The van der Waals surface area contributed by atoms with Crippen LogP contribution in [-0.4, -0.2) is 26.3 Å². The van der Waals surface area contributed by atoms with E-state index in [-0.39, 0.29) is 5.24 Å². The minimum absolute atomic E-state index is 0.0101. The maximum atomic E-state index is 12.5. The lowest BCUT2D eigenvalue weighted by Gasteiger charge is -2.15. The topological polar surface area (TPSA) is 50.0 Å². The number of carbonyl (C=O) groups excluding carboxylic acids is 1. The molecule has 1 aliphatic heterocycles. The van der Waals surface area contributed by atoms with Crippen molar-refractivity contribution in [2.24, 2.45) is 10.2 Å². The first-order valence-electron chi connectivity index (χ1n) is 11.0. The molecule has 4 aromatic rings. The number of amides is 1. The van der Waals surface area contributed by atoms with Gasteiger partial charge in [0.25, 0.3) is 5.24 Å². The number of nitrogens with zero attached hydrogens (tertiary/aromatic N) is 4. The molecule has 5 rings (SSSR count). The van der Waals surface area contributed by atoms with Crippen LogP contribution in [0.2, 0.25) is 0 Å². The number of thioether (sulfide) groups is 1. The van der Waals surface area contributed by atoms with Gasteiger partial charge in [-0.1, -0.05) is 84.1 Å². The van der Waals surface area contributed by atoms with Gasteiger partial charge in [-0.15, -0.1) is 21.5 Å². The molecule has 3 aromatic carbocycles. The van der Waals surface area contributed by atoms with Gasteiger partial charge in [0.2, 0.25) is 4.80 Å². The number of carbonyl (C=O) groups is 1. The molecule has 0 unspecified atom stereocenters. The van der Waals surface area contributed by atoms with Crippen LogP contribution in [0, 0.1) is 13.8 Å². The van der Waals surface area contributed by atoms with Gasteiger partial charge in [-0.3, -0.25) is 14.3 Å². The van der Waals surface area contributed by atoms with E-state index >= 15 is 0 Å². The van der Waals surface area contributed by atoms with Crippen molar-refractivity contribution >= 4 is 34.2 Å². The van der Waals surface area contributed by atoms with Gasteiger partial charge in [0.1, 0.15) is 5.84 Å². The first kappa shape index (κ1) is 22.4. The summed E-state index contributed by atoms with van der Waals surface area (Å²) in [4.78, 5) is 15.0. The fraction of sp³-hybridized carbons (Fsp3) is 0.148. The van der Waals surface area contributed by atoms with Crippen molar-refractivity contribution in [3.05, 3.63) is 106 Å². The van der Waals surface area contributed by atoms with E-state index in [1.54, 1.807) is 16.2 Å². The molecule has 0 spiro atoms. The van der Waals surface area contributed by atoms with E-state index < -0.39 is 0 Å². The van der Waals surface area contributed by atoms with Crippen LogP contribution in [0.5, 0.6) is 0 Å². The molecule has 1 fully saturated rings. The number of rotatable bonds is 5. The van der Waals surface area contributed by atoms with E-state index in [0.29, 0.717) is 18.1 Å². The van der Waals surface area contributed by atoms with Crippen LogP contribution in [0.15, 0.2) is 94.4 Å². The first-order valence-corrected chi connectivity index (χ1v) is 12.9. The highest BCUT2D eigenvalue weighted by Crippen LogP contribution is 2.25. The quantitative estimate of drug-likeness (QED) is 0.308. The highest BCUT2D eigenvalue weighted by Gasteiger charge is 2.28. The first-order chi connectivity index (χ1) is 16.6. The fourth-order valence-corrected chi connectivity index (χ4v) is 5.46. The largest absolute Gasteiger partial charge is 0.287 e. The lowest BCUT2D eigenvalue weighted by molar-refractivity contribution is 0.244. The molecule has 0 radical (unpaired) electrons. The predicted molar refractivity (Wildman–Crippen MR) is 141 cm³/mol. The molecule has 5 nitrogen and oxygen atoms in total. The van der Waals surface area contributed by atoms with Crippen molar-refractivity contribution in [2.75, 3.05) is 5.75 Å². The third-order valence-corrected chi connectivity index (χ3v) is 7.29. The molecule has 170 valence electrons. The zero-order valence-electron chi connectivity index (χ0n) is 19.0. The van der Waals surface area contributed by atoms with E-state index in [2.05, 4.69) is 82.5 Å². The standard InChI is InChI=1S/C27H24N4OS2/c1-19-11-13-22(14-12-19)24-17-33-26(31(24)23-10-6-7-20(2)15-23)29-28-25-18-34-27(32)30(25)16-21-8-4-3-5-9-21/h3-15,17H,16,18H2,1-2H3/b28-25+,29-26+. The van der Waals surface area contributed by atoms with Crippen LogP contribution in [0.1, 0.15) is 16.7 Å². The van der Waals surface area contributed by atoms with Crippen molar-refractivity contribution < 1.29 is 4.79 Å². The number of hydrogen-bond acceptors (Lipinski definition) is 5. The maximum absolute atomic E-state index is 12.5. The Morgan fingerprint density at radius 2 is 1.68 bits per heavy atom. The van der Waals surface area contributed by atoms with Gasteiger partial charge in [-0.2, -0.15) is 0 Å². The molecular formula is C27H24N4OS2. The summed E-state index contributed by atoms with van der Waals surface area (Å²) in [5.41, 5.74) is 6.68. The summed E-state index contributed by atoms with van der Waals surface area (Å²) in [5, 5.41) is 11.3. The Bertz CT molecular complexity index is 1420. The molecule has 34 heavy (non-hydrogen) atoms. The summed E-state index contributed by atoms with van der Waals surface area (Å²) in [6.07, 6.45) is 0. The van der Waals surface area contributed by atoms with Crippen LogP contribution >= 0.6 is 23.1 Å². The van der Waals surface area contributed by atoms with Gasteiger partial charge >= 0.3 is 0 Å². The van der Waals surface area contributed by atoms with E-state index in [0.717, 1.165) is 27.3 Å². The van der Waals surface area contributed by atoms with Crippen molar-refractivity contribution in [2.45, 2.75) is 20.4 Å². The maximum Gasteiger partial charge on any atom is 0.287 e. The molecule has 1 aliphatic rings. The molecule has 0 atom stereocenters. The minimum Gasteiger partial charge on any atom is -0.284 e. The summed E-state index contributed by atoms with van der Waals surface area (Å²) < 4.78 is 2.14. The van der Waals surface area contributed by atoms with Crippen LogP contribution in [0.3, 0.4) is 0 Å². The number of amidine groups is 1. The molecule has 2 heterocycles. The average Bonchev–Trinajstić information content (AvgIpc) is 3.42. The Morgan fingerprint density at radius 3 is 2.44 bits per heavy atom. The van der Waals surface area contributed by atoms with Gasteiger partial charge in [0.05, 0.1) is 18.0 Å². The summed E-state index contributed by atoms with van der Waals surface area (Å²) >= 11 is 2.81. The second kappa shape index (κ2) is 9.83. The van der Waals surface area contributed by atoms with E-state index in [1.165, 1.54) is 22.9 Å². The molecule has 0 saturated carbocycles. The molecule has 1 saturated heterocycles. The van der Waals surface area contributed by atoms with Gasteiger partial charge in [-0.25, -0.2) is 0 Å². The Hall–Kier alpha value is -3.42. The van der Waals surface area contributed by atoms with Gasteiger partial charge in [0.15, 0.2) is 0 Å². The lowest BCUT2D eigenvalue weighted by Crippen LogP contribution is -2.28. The molecule has 1 aromatic heterocycles. The number of thiazole rings is 1. The number of aromatic nitrogens is 1.